The zero-order valence-corrected chi connectivity index (χ0v) is 17.8. The first-order valence-corrected chi connectivity index (χ1v) is 10.8. The van der Waals surface area contributed by atoms with Crippen LogP contribution >= 0.6 is 11.8 Å². The van der Waals surface area contributed by atoms with Gasteiger partial charge in [0.15, 0.2) is 5.65 Å². The fraction of sp³-hybridized carbons (Fsp3) is 0.286. The molecule has 158 valence electrons. The van der Waals surface area contributed by atoms with Crippen molar-refractivity contribution in [3.63, 3.8) is 0 Å². The molecule has 1 aliphatic rings. The minimum atomic E-state index is -0.586. The van der Waals surface area contributed by atoms with Gasteiger partial charge in [0.05, 0.1) is 23.9 Å². The van der Waals surface area contributed by atoms with Crippen molar-refractivity contribution in [2.24, 2.45) is 0 Å². The number of carbonyl (C=O) groups is 2. The average molecular weight is 436 g/mol. The van der Waals surface area contributed by atoms with Gasteiger partial charge in [0.1, 0.15) is 6.04 Å². The number of hydrogen-bond acceptors (Lipinski definition) is 6. The maximum absolute atomic E-state index is 13.1. The lowest BCUT2D eigenvalue weighted by atomic mass is 10.1. The first-order valence-electron chi connectivity index (χ1n) is 9.63. The Morgan fingerprint density at radius 3 is 2.77 bits per heavy atom. The van der Waals surface area contributed by atoms with Crippen molar-refractivity contribution < 1.29 is 9.59 Å². The topological polar surface area (TPSA) is 123 Å². The van der Waals surface area contributed by atoms with Crippen molar-refractivity contribution in [2.45, 2.75) is 26.3 Å². The molecule has 0 radical (unpaired) electrons. The Morgan fingerprint density at radius 1 is 1.32 bits per heavy atom. The predicted octanol–water partition coefficient (Wildman–Crippen LogP) is 1.59. The Bertz CT molecular complexity index is 1270. The maximum Gasteiger partial charge on any atom is 0.266 e. The number of anilines is 1. The van der Waals surface area contributed by atoms with E-state index in [1.165, 1.54) is 17.8 Å². The van der Waals surface area contributed by atoms with Crippen LogP contribution in [0.3, 0.4) is 0 Å². The quantitative estimate of drug-likeness (QED) is 0.640. The van der Waals surface area contributed by atoms with Crippen LogP contribution in [0.1, 0.15) is 22.5 Å². The van der Waals surface area contributed by atoms with Crippen LogP contribution in [0.2, 0.25) is 0 Å². The van der Waals surface area contributed by atoms with Gasteiger partial charge in [-0.3, -0.25) is 19.5 Å². The molecule has 3 heterocycles. The van der Waals surface area contributed by atoms with Crippen LogP contribution < -0.4 is 10.9 Å². The third-order valence-electron chi connectivity index (χ3n) is 5.32. The number of thioether (sulfide) groups is 1. The molecule has 1 atom stereocenters. The van der Waals surface area contributed by atoms with Crippen LogP contribution in [0.15, 0.2) is 35.1 Å². The van der Waals surface area contributed by atoms with Gasteiger partial charge in [-0.2, -0.15) is 5.26 Å². The zero-order valence-electron chi connectivity index (χ0n) is 17.0. The summed E-state index contributed by atoms with van der Waals surface area (Å²) in [5, 5.41) is 14.4. The summed E-state index contributed by atoms with van der Waals surface area (Å²) in [6, 6.07) is 9.44. The van der Waals surface area contributed by atoms with Crippen molar-refractivity contribution in [1.29, 1.82) is 5.26 Å². The summed E-state index contributed by atoms with van der Waals surface area (Å²) in [7, 11) is 0. The highest BCUT2D eigenvalue weighted by Crippen LogP contribution is 2.24. The summed E-state index contributed by atoms with van der Waals surface area (Å²) in [5.74, 6) is 0.499. The molecule has 10 heteroatoms. The monoisotopic (exact) mass is 436 g/mol. The number of aryl methyl sites for hydroxylation is 2. The van der Waals surface area contributed by atoms with Crippen LogP contribution in [0.4, 0.5) is 5.69 Å². The molecule has 2 N–H and O–H groups in total. The molecule has 0 bridgehead atoms. The molecule has 1 aliphatic heterocycles. The van der Waals surface area contributed by atoms with E-state index in [1.54, 1.807) is 40.6 Å². The Kier molecular flexibility index (Phi) is 5.52. The number of amides is 2. The van der Waals surface area contributed by atoms with Gasteiger partial charge in [-0.15, -0.1) is 11.8 Å². The Balaban J connectivity index is 1.51. The second-order valence-electron chi connectivity index (χ2n) is 7.31. The summed E-state index contributed by atoms with van der Waals surface area (Å²) in [6.45, 7) is 3.63. The van der Waals surface area contributed by atoms with E-state index in [1.807, 2.05) is 13.0 Å². The van der Waals surface area contributed by atoms with Crippen molar-refractivity contribution >= 4 is 34.9 Å². The van der Waals surface area contributed by atoms with Gasteiger partial charge >= 0.3 is 0 Å². The van der Waals surface area contributed by atoms with Gasteiger partial charge in [-0.05, 0) is 38.1 Å². The Morgan fingerprint density at radius 2 is 2.06 bits per heavy atom. The molecule has 1 aromatic carbocycles. The van der Waals surface area contributed by atoms with Gasteiger partial charge in [0.25, 0.3) is 5.56 Å². The van der Waals surface area contributed by atoms with Crippen LogP contribution in [0, 0.1) is 25.2 Å². The van der Waals surface area contributed by atoms with E-state index in [0.717, 1.165) is 11.3 Å². The maximum atomic E-state index is 13.1. The van der Waals surface area contributed by atoms with Crippen LogP contribution in [-0.2, 0) is 16.0 Å². The fourth-order valence-corrected chi connectivity index (χ4v) is 4.80. The largest absolute Gasteiger partial charge is 0.324 e. The number of rotatable bonds is 4. The molecule has 2 aromatic heterocycles. The first kappa shape index (κ1) is 20.7. The third-order valence-corrected chi connectivity index (χ3v) is 6.33. The number of aromatic amines is 1. The predicted molar refractivity (Wildman–Crippen MR) is 117 cm³/mol. The SMILES string of the molecule is Cc1nc2cc(=O)[nH]n2c(C)c1CC(=O)N1CSCC1C(=O)Nc1ccc(C#N)cc1. The molecule has 0 aliphatic carbocycles. The molecule has 2 amide bonds. The summed E-state index contributed by atoms with van der Waals surface area (Å²) >= 11 is 1.52. The van der Waals surface area contributed by atoms with Crippen molar-refractivity contribution in [1.82, 2.24) is 19.5 Å². The lowest BCUT2D eigenvalue weighted by Crippen LogP contribution is -2.45. The number of benzene rings is 1. The second-order valence-corrected chi connectivity index (χ2v) is 8.31. The van der Waals surface area contributed by atoms with E-state index in [2.05, 4.69) is 15.4 Å². The van der Waals surface area contributed by atoms with E-state index < -0.39 is 6.04 Å². The zero-order chi connectivity index (χ0) is 22.1. The normalized spacial score (nSPS) is 15.8. The first-order chi connectivity index (χ1) is 14.9. The summed E-state index contributed by atoms with van der Waals surface area (Å²) in [6.07, 6.45) is 0.0853. The molecule has 9 nitrogen and oxygen atoms in total. The fourth-order valence-electron chi connectivity index (χ4n) is 3.62. The van der Waals surface area contributed by atoms with Crippen molar-refractivity contribution in [3.05, 3.63) is 63.2 Å². The molecule has 4 rings (SSSR count). The number of H-pyrrole nitrogens is 1. The van der Waals surface area contributed by atoms with Gasteiger partial charge in [0, 0.05) is 34.5 Å². The third kappa shape index (κ3) is 4.04. The van der Waals surface area contributed by atoms with E-state index in [4.69, 9.17) is 5.26 Å². The summed E-state index contributed by atoms with van der Waals surface area (Å²) < 4.78 is 1.58. The molecular weight excluding hydrogens is 416 g/mol. The van der Waals surface area contributed by atoms with E-state index in [-0.39, 0.29) is 23.8 Å². The molecule has 31 heavy (non-hydrogen) atoms. The minimum absolute atomic E-state index is 0.0853. The molecule has 0 saturated carbocycles. The van der Waals surface area contributed by atoms with Crippen molar-refractivity contribution in [3.8, 4) is 6.07 Å². The molecule has 1 unspecified atom stereocenters. The highest BCUT2D eigenvalue weighted by molar-refractivity contribution is 7.99. The standard InChI is InChI=1S/C21H20N6O3S/c1-12-16(13(2)27-18(23-12)8-19(28)25-27)7-20(29)26-11-31-10-17(26)21(30)24-15-5-3-14(9-22)4-6-15/h3-6,8,17H,7,10-11H2,1-2H3,(H,24,30)(H,25,28). The number of aromatic nitrogens is 3. The Hall–Kier alpha value is -3.58. The van der Waals surface area contributed by atoms with Gasteiger partial charge in [-0.1, -0.05) is 0 Å². The second kappa shape index (κ2) is 8.28. The van der Waals surface area contributed by atoms with E-state index in [0.29, 0.717) is 34.2 Å². The lowest BCUT2D eigenvalue weighted by molar-refractivity contribution is -0.135. The van der Waals surface area contributed by atoms with E-state index in [9.17, 15) is 14.4 Å². The number of nitriles is 1. The molecule has 3 aromatic rings. The minimum Gasteiger partial charge on any atom is -0.324 e. The highest BCUT2D eigenvalue weighted by Gasteiger charge is 2.35. The van der Waals surface area contributed by atoms with Gasteiger partial charge in [-0.25, -0.2) is 9.50 Å². The number of fused-ring (bicyclic) bond motifs is 1. The smallest absolute Gasteiger partial charge is 0.266 e. The summed E-state index contributed by atoms with van der Waals surface area (Å²) in [5.41, 5.74) is 3.48. The van der Waals surface area contributed by atoms with E-state index >= 15 is 0 Å². The van der Waals surface area contributed by atoms with Crippen LogP contribution in [0.25, 0.3) is 5.65 Å². The molecule has 0 spiro atoms. The number of carbonyl (C=O) groups excluding carboxylic acids is 2. The lowest BCUT2D eigenvalue weighted by Gasteiger charge is -2.24. The number of hydrogen-bond donors (Lipinski definition) is 2. The van der Waals surface area contributed by atoms with Crippen LogP contribution in [-0.4, -0.2) is 49.0 Å². The molecule has 1 fully saturated rings. The molecule has 1 saturated heterocycles. The van der Waals surface area contributed by atoms with Crippen molar-refractivity contribution in [2.75, 3.05) is 16.9 Å². The Labute approximate surface area is 182 Å². The average Bonchev–Trinajstić information content (AvgIpc) is 3.38. The van der Waals surface area contributed by atoms with Gasteiger partial charge < -0.3 is 10.2 Å². The number of nitrogens with one attached hydrogen (secondary N) is 2. The van der Waals surface area contributed by atoms with Crippen LogP contribution in [0.5, 0.6) is 0 Å². The summed E-state index contributed by atoms with van der Waals surface area (Å²) in [4.78, 5) is 43.5. The van der Waals surface area contributed by atoms with Gasteiger partial charge in [0.2, 0.25) is 11.8 Å². The highest BCUT2D eigenvalue weighted by atomic mass is 32.2. The number of nitrogens with zero attached hydrogens (tertiary/aromatic N) is 4. The molecular formula is C21H20N6O3S.